The van der Waals surface area contributed by atoms with Gasteiger partial charge >= 0.3 is 0 Å². The minimum atomic E-state index is -0.399. The second-order valence-electron chi connectivity index (χ2n) is 4.33. The fraction of sp³-hybridized carbons (Fsp3) is 0.133. The average molecular weight is 292 g/mol. The topological polar surface area (TPSA) is 69.6 Å². The standard InChI is InChI=1S/C15H14ClNO3/c16-8-10-1-3-11(4-2-10)9-17-15(20)13-6-5-12(18)7-14(13)19/h1-7,18-19H,8-9H2,(H,17,20). The zero-order valence-electron chi connectivity index (χ0n) is 10.6. The number of rotatable bonds is 4. The summed E-state index contributed by atoms with van der Waals surface area (Å²) in [5.41, 5.74) is 2.07. The molecule has 0 fully saturated rings. The van der Waals surface area contributed by atoms with E-state index in [1.165, 1.54) is 12.1 Å². The predicted octanol–water partition coefficient (Wildman–Crippen LogP) is 2.77. The predicted molar refractivity (Wildman–Crippen MR) is 76.9 cm³/mol. The third-order valence-corrected chi connectivity index (χ3v) is 3.16. The van der Waals surface area contributed by atoms with Crippen LogP contribution in [0.1, 0.15) is 21.5 Å². The minimum Gasteiger partial charge on any atom is -0.508 e. The van der Waals surface area contributed by atoms with Crippen molar-refractivity contribution in [1.82, 2.24) is 5.32 Å². The van der Waals surface area contributed by atoms with Gasteiger partial charge in [0.05, 0.1) is 5.56 Å². The molecule has 0 aromatic heterocycles. The average Bonchev–Trinajstić information content (AvgIpc) is 2.45. The summed E-state index contributed by atoms with van der Waals surface area (Å²) < 4.78 is 0. The number of carbonyl (C=O) groups is 1. The Balaban J connectivity index is 2.00. The summed E-state index contributed by atoms with van der Waals surface area (Å²) in [6.07, 6.45) is 0. The first-order valence-corrected chi connectivity index (χ1v) is 6.57. The third kappa shape index (κ3) is 3.42. The number of amides is 1. The van der Waals surface area contributed by atoms with Crippen LogP contribution >= 0.6 is 11.6 Å². The number of aromatic hydroxyl groups is 2. The van der Waals surface area contributed by atoms with E-state index in [0.29, 0.717) is 12.4 Å². The van der Waals surface area contributed by atoms with Crippen LogP contribution in [0.2, 0.25) is 0 Å². The summed E-state index contributed by atoms with van der Waals surface area (Å²) in [6.45, 7) is 0.349. The van der Waals surface area contributed by atoms with E-state index >= 15 is 0 Å². The van der Waals surface area contributed by atoms with Crippen LogP contribution in [-0.2, 0) is 12.4 Å². The molecule has 104 valence electrons. The molecule has 0 atom stereocenters. The Morgan fingerprint density at radius 1 is 1.05 bits per heavy atom. The molecule has 0 aliphatic carbocycles. The Kier molecular flexibility index (Phi) is 4.48. The molecule has 0 aliphatic heterocycles. The molecule has 0 aliphatic rings. The lowest BCUT2D eigenvalue weighted by Crippen LogP contribution is -2.22. The summed E-state index contributed by atoms with van der Waals surface area (Å²) in [6, 6.07) is 11.4. The summed E-state index contributed by atoms with van der Waals surface area (Å²) in [7, 11) is 0. The number of hydrogen-bond donors (Lipinski definition) is 3. The second-order valence-corrected chi connectivity index (χ2v) is 4.60. The zero-order valence-corrected chi connectivity index (χ0v) is 11.4. The van der Waals surface area contributed by atoms with Gasteiger partial charge < -0.3 is 15.5 Å². The number of phenols is 2. The highest BCUT2D eigenvalue weighted by Crippen LogP contribution is 2.22. The molecule has 2 aromatic rings. The van der Waals surface area contributed by atoms with E-state index in [2.05, 4.69) is 5.32 Å². The van der Waals surface area contributed by atoms with Crippen molar-refractivity contribution in [2.45, 2.75) is 12.4 Å². The number of carbonyl (C=O) groups excluding carboxylic acids is 1. The van der Waals surface area contributed by atoms with E-state index in [4.69, 9.17) is 11.6 Å². The summed E-state index contributed by atoms with van der Waals surface area (Å²) >= 11 is 5.70. The zero-order chi connectivity index (χ0) is 14.5. The van der Waals surface area contributed by atoms with Crippen LogP contribution in [0.4, 0.5) is 0 Å². The highest BCUT2D eigenvalue weighted by molar-refractivity contribution is 6.17. The van der Waals surface area contributed by atoms with Gasteiger partial charge in [-0.05, 0) is 23.3 Å². The van der Waals surface area contributed by atoms with Gasteiger partial charge in [0.2, 0.25) is 0 Å². The first-order valence-electron chi connectivity index (χ1n) is 6.04. The maximum atomic E-state index is 11.9. The summed E-state index contributed by atoms with van der Waals surface area (Å²) in [5.74, 6) is -0.284. The molecule has 1 amide bonds. The van der Waals surface area contributed by atoms with Gasteiger partial charge in [-0.2, -0.15) is 0 Å². The molecular formula is C15H14ClNO3. The molecule has 5 heteroatoms. The molecule has 0 unspecified atom stereocenters. The lowest BCUT2D eigenvalue weighted by molar-refractivity contribution is 0.0948. The van der Waals surface area contributed by atoms with Gasteiger partial charge in [0.1, 0.15) is 11.5 Å². The van der Waals surface area contributed by atoms with Crippen LogP contribution in [0.25, 0.3) is 0 Å². The largest absolute Gasteiger partial charge is 0.508 e. The van der Waals surface area contributed by atoms with Gasteiger partial charge in [0.15, 0.2) is 0 Å². The van der Waals surface area contributed by atoms with Crippen LogP contribution in [0, 0.1) is 0 Å². The molecular weight excluding hydrogens is 278 g/mol. The first-order chi connectivity index (χ1) is 9.60. The van der Waals surface area contributed by atoms with Gasteiger partial charge in [0.25, 0.3) is 5.91 Å². The van der Waals surface area contributed by atoms with Gasteiger partial charge in [-0.25, -0.2) is 0 Å². The second kappa shape index (κ2) is 6.30. The molecule has 4 nitrogen and oxygen atoms in total. The summed E-state index contributed by atoms with van der Waals surface area (Å²) in [5, 5.41) is 21.5. The molecule has 0 bridgehead atoms. The van der Waals surface area contributed by atoms with Crippen LogP contribution in [-0.4, -0.2) is 16.1 Å². The van der Waals surface area contributed by atoms with Gasteiger partial charge in [-0.3, -0.25) is 4.79 Å². The molecule has 0 spiro atoms. The Morgan fingerprint density at radius 2 is 1.70 bits per heavy atom. The molecule has 2 rings (SSSR count). The van der Waals surface area contributed by atoms with Crippen molar-refractivity contribution in [2.24, 2.45) is 0 Å². The summed E-state index contributed by atoms with van der Waals surface area (Å²) in [4.78, 5) is 11.9. The van der Waals surface area contributed by atoms with E-state index < -0.39 is 5.91 Å². The van der Waals surface area contributed by atoms with Gasteiger partial charge in [-0.15, -0.1) is 11.6 Å². The Bertz CT molecular complexity index is 611. The smallest absolute Gasteiger partial charge is 0.255 e. The molecule has 0 heterocycles. The van der Waals surface area contributed by atoms with Crippen LogP contribution < -0.4 is 5.32 Å². The molecule has 20 heavy (non-hydrogen) atoms. The quantitative estimate of drug-likeness (QED) is 0.759. The van der Waals surface area contributed by atoms with Crippen molar-refractivity contribution in [2.75, 3.05) is 0 Å². The normalized spacial score (nSPS) is 10.2. The van der Waals surface area contributed by atoms with Crippen LogP contribution in [0.3, 0.4) is 0 Å². The molecule has 0 saturated heterocycles. The number of phenolic OH excluding ortho intramolecular Hbond substituents is 2. The minimum absolute atomic E-state index is 0.0873. The van der Waals surface area contributed by atoms with Crippen molar-refractivity contribution >= 4 is 17.5 Å². The number of nitrogens with one attached hydrogen (secondary N) is 1. The fourth-order valence-corrected chi connectivity index (χ4v) is 1.91. The maximum absolute atomic E-state index is 11.9. The SMILES string of the molecule is O=C(NCc1ccc(CCl)cc1)c1ccc(O)cc1O. The number of hydrogen-bond acceptors (Lipinski definition) is 3. The molecule has 2 aromatic carbocycles. The van der Waals surface area contributed by atoms with E-state index in [1.54, 1.807) is 0 Å². The molecule has 3 N–H and O–H groups in total. The van der Waals surface area contributed by atoms with Crippen molar-refractivity contribution in [3.63, 3.8) is 0 Å². The molecule has 0 radical (unpaired) electrons. The van der Waals surface area contributed by atoms with Crippen LogP contribution in [0.5, 0.6) is 11.5 Å². The highest BCUT2D eigenvalue weighted by atomic mass is 35.5. The van der Waals surface area contributed by atoms with Crippen molar-refractivity contribution in [1.29, 1.82) is 0 Å². The number of halogens is 1. The van der Waals surface area contributed by atoms with Crippen molar-refractivity contribution in [3.8, 4) is 11.5 Å². The first kappa shape index (κ1) is 14.2. The fourth-order valence-electron chi connectivity index (χ4n) is 1.74. The van der Waals surface area contributed by atoms with E-state index in [0.717, 1.165) is 17.2 Å². The Hall–Kier alpha value is -2.20. The Morgan fingerprint density at radius 3 is 2.30 bits per heavy atom. The maximum Gasteiger partial charge on any atom is 0.255 e. The van der Waals surface area contributed by atoms with E-state index in [-0.39, 0.29) is 17.1 Å². The lowest BCUT2D eigenvalue weighted by Gasteiger charge is -2.07. The van der Waals surface area contributed by atoms with Gasteiger partial charge in [-0.1, -0.05) is 24.3 Å². The van der Waals surface area contributed by atoms with E-state index in [1.807, 2.05) is 24.3 Å². The lowest BCUT2D eigenvalue weighted by atomic mass is 10.1. The molecule has 0 saturated carbocycles. The number of alkyl halides is 1. The number of benzene rings is 2. The Labute approximate surface area is 121 Å². The van der Waals surface area contributed by atoms with Crippen molar-refractivity contribution in [3.05, 3.63) is 59.2 Å². The third-order valence-electron chi connectivity index (χ3n) is 2.86. The van der Waals surface area contributed by atoms with Crippen LogP contribution in [0.15, 0.2) is 42.5 Å². The monoisotopic (exact) mass is 291 g/mol. The van der Waals surface area contributed by atoms with E-state index in [9.17, 15) is 15.0 Å². The highest BCUT2D eigenvalue weighted by Gasteiger charge is 2.11. The van der Waals surface area contributed by atoms with Gasteiger partial charge in [0, 0.05) is 18.5 Å². The van der Waals surface area contributed by atoms with Crippen molar-refractivity contribution < 1.29 is 15.0 Å².